The number of carbonyl (C=O) groups is 1. The Hall–Kier alpha value is -1.80. The van der Waals surface area contributed by atoms with Crippen molar-refractivity contribution >= 4 is 40.8 Å². The highest BCUT2D eigenvalue weighted by molar-refractivity contribution is 8.01. The van der Waals surface area contributed by atoms with Gasteiger partial charge in [-0.3, -0.25) is 4.79 Å². The van der Waals surface area contributed by atoms with E-state index in [-0.39, 0.29) is 17.3 Å². The lowest BCUT2D eigenvalue weighted by molar-refractivity contribution is -0.143. The predicted octanol–water partition coefficient (Wildman–Crippen LogP) is 2.72. The number of amides is 1. The maximum Gasteiger partial charge on any atom is 0.230 e. The molecule has 1 atom stereocenters. The molecule has 2 aromatic rings. The van der Waals surface area contributed by atoms with E-state index in [1.165, 1.54) is 4.21 Å². The molecular formula is C17H21N5OS2. The third-order valence-corrected chi connectivity index (χ3v) is 6.99. The molecular weight excluding hydrogens is 354 g/mol. The number of nitrogen functional groups attached to an aromatic ring is 1. The van der Waals surface area contributed by atoms with Crippen LogP contribution in [0, 0.1) is 5.41 Å². The van der Waals surface area contributed by atoms with Crippen LogP contribution in [0.5, 0.6) is 0 Å². The van der Waals surface area contributed by atoms with Crippen LogP contribution < -0.4 is 10.6 Å². The first-order valence-corrected chi connectivity index (χ1v) is 10.1. The van der Waals surface area contributed by atoms with E-state index >= 15 is 0 Å². The number of nitrogens with two attached hydrogens (primary N) is 1. The smallest absolute Gasteiger partial charge is 0.230 e. The van der Waals surface area contributed by atoms with Crippen molar-refractivity contribution in [1.29, 1.82) is 0 Å². The number of rotatable bonds is 3. The average molecular weight is 376 g/mol. The second-order valence-electron chi connectivity index (χ2n) is 6.74. The van der Waals surface area contributed by atoms with E-state index in [1.807, 2.05) is 29.5 Å². The summed E-state index contributed by atoms with van der Waals surface area (Å²) in [7, 11) is 1.91. The van der Waals surface area contributed by atoms with Gasteiger partial charge in [-0.1, -0.05) is 17.8 Å². The van der Waals surface area contributed by atoms with Crippen LogP contribution in [-0.4, -0.2) is 47.5 Å². The zero-order chi connectivity index (χ0) is 17.4. The second-order valence-corrected chi connectivity index (χ2v) is 9.01. The van der Waals surface area contributed by atoms with E-state index in [0.29, 0.717) is 0 Å². The zero-order valence-electron chi connectivity index (χ0n) is 14.1. The van der Waals surface area contributed by atoms with Gasteiger partial charge in [-0.25, -0.2) is 4.98 Å². The molecule has 2 saturated heterocycles. The van der Waals surface area contributed by atoms with Crippen molar-refractivity contribution in [1.82, 2.24) is 14.9 Å². The van der Waals surface area contributed by atoms with Crippen LogP contribution in [0.3, 0.4) is 0 Å². The zero-order valence-corrected chi connectivity index (χ0v) is 15.8. The Labute approximate surface area is 155 Å². The van der Waals surface area contributed by atoms with Crippen molar-refractivity contribution in [2.24, 2.45) is 5.41 Å². The Morgan fingerprint density at radius 3 is 3.00 bits per heavy atom. The fourth-order valence-corrected chi connectivity index (χ4v) is 5.50. The van der Waals surface area contributed by atoms with Crippen LogP contribution in [0.25, 0.3) is 0 Å². The SMILES string of the molecule is CN1CCC[C@]2(CCN(c3cc(Sc4cccs4)nc(N)n3)C2)C1=O. The molecule has 25 heavy (non-hydrogen) atoms. The van der Waals surface area contributed by atoms with E-state index < -0.39 is 0 Å². The fourth-order valence-electron chi connectivity index (χ4n) is 3.78. The van der Waals surface area contributed by atoms with Gasteiger partial charge in [0.05, 0.1) is 9.62 Å². The van der Waals surface area contributed by atoms with Crippen molar-refractivity contribution < 1.29 is 4.79 Å². The van der Waals surface area contributed by atoms with Gasteiger partial charge in [0.2, 0.25) is 11.9 Å². The standard InChI is InChI=1S/C17H21N5OS2/c1-21-7-3-5-17(15(21)23)6-8-22(11-17)12-10-13(20-16(18)19-12)25-14-4-2-9-24-14/h2,4,9-10H,3,5-8,11H2,1H3,(H2,18,19,20)/t17-/m1/s1. The van der Waals surface area contributed by atoms with E-state index in [9.17, 15) is 4.79 Å². The summed E-state index contributed by atoms with van der Waals surface area (Å²) in [6, 6.07) is 6.07. The minimum Gasteiger partial charge on any atom is -0.368 e. The summed E-state index contributed by atoms with van der Waals surface area (Å²) in [6.07, 6.45) is 2.92. The predicted molar refractivity (Wildman–Crippen MR) is 101 cm³/mol. The van der Waals surface area contributed by atoms with Crippen molar-refractivity contribution in [2.75, 3.05) is 37.3 Å². The molecule has 1 amide bonds. The van der Waals surface area contributed by atoms with E-state index in [1.54, 1.807) is 23.1 Å². The van der Waals surface area contributed by atoms with Gasteiger partial charge < -0.3 is 15.5 Å². The van der Waals surface area contributed by atoms with Crippen molar-refractivity contribution in [3.8, 4) is 0 Å². The number of anilines is 2. The van der Waals surface area contributed by atoms with E-state index in [4.69, 9.17) is 5.73 Å². The molecule has 2 fully saturated rings. The van der Waals surface area contributed by atoms with Gasteiger partial charge in [-0.2, -0.15) is 4.98 Å². The number of piperidine rings is 1. The highest BCUT2D eigenvalue weighted by Gasteiger charge is 2.47. The maximum absolute atomic E-state index is 12.7. The van der Waals surface area contributed by atoms with Crippen LogP contribution in [-0.2, 0) is 4.79 Å². The first-order valence-electron chi connectivity index (χ1n) is 8.42. The molecule has 2 N–H and O–H groups in total. The molecule has 1 spiro atoms. The second kappa shape index (κ2) is 6.49. The molecule has 0 unspecified atom stereocenters. The minimum atomic E-state index is -0.256. The Kier molecular flexibility index (Phi) is 4.33. The van der Waals surface area contributed by atoms with Crippen molar-refractivity contribution in [2.45, 2.75) is 28.5 Å². The molecule has 4 heterocycles. The van der Waals surface area contributed by atoms with Gasteiger partial charge in [0, 0.05) is 32.7 Å². The van der Waals surface area contributed by atoms with Gasteiger partial charge in [0.25, 0.3) is 0 Å². The normalized spacial score (nSPS) is 23.6. The molecule has 4 rings (SSSR count). The number of hydrogen-bond donors (Lipinski definition) is 1. The van der Waals surface area contributed by atoms with Gasteiger partial charge in [0.15, 0.2) is 0 Å². The lowest BCUT2D eigenvalue weighted by Crippen LogP contribution is -2.48. The van der Waals surface area contributed by atoms with Crippen molar-refractivity contribution in [3.05, 3.63) is 23.6 Å². The van der Waals surface area contributed by atoms with Gasteiger partial charge in [-0.15, -0.1) is 11.3 Å². The highest BCUT2D eigenvalue weighted by atomic mass is 32.2. The Balaban J connectivity index is 1.56. The molecule has 0 saturated carbocycles. The third kappa shape index (κ3) is 3.20. The first kappa shape index (κ1) is 16.7. The number of aromatic nitrogens is 2. The number of thiophene rings is 1. The number of carbonyl (C=O) groups excluding carboxylic acids is 1. The third-order valence-electron chi connectivity index (χ3n) is 5.03. The largest absolute Gasteiger partial charge is 0.368 e. The van der Waals surface area contributed by atoms with Crippen LogP contribution in [0.4, 0.5) is 11.8 Å². The Morgan fingerprint density at radius 1 is 1.32 bits per heavy atom. The summed E-state index contributed by atoms with van der Waals surface area (Å²) in [6.45, 7) is 2.41. The molecule has 0 aliphatic carbocycles. The lowest BCUT2D eigenvalue weighted by atomic mass is 9.78. The molecule has 8 heteroatoms. The summed E-state index contributed by atoms with van der Waals surface area (Å²) in [5.74, 6) is 1.38. The first-order chi connectivity index (χ1) is 12.1. The Morgan fingerprint density at radius 2 is 2.20 bits per heavy atom. The molecule has 2 aliphatic heterocycles. The average Bonchev–Trinajstić information content (AvgIpc) is 3.23. The van der Waals surface area contributed by atoms with E-state index in [0.717, 1.165) is 49.7 Å². The number of likely N-dealkylation sites (tertiary alicyclic amines) is 1. The van der Waals surface area contributed by atoms with Gasteiger partial charge in [-0.05, 0) is 30.7 Å². The molecule has 2 aromatic heterocycles. The highest BCUT2D eigenvalue weighted by Crippen LogP contribution is 2.41. The van der Waals surface area contributed by atoms with Crippen LogP contribution in [0.2, 0.25) is 0 Å². The molecule has 0 radical (unpaired) electrons. The summed E-state index contributed by atoms with van der Waals surface area (Å²) in [4.78, 5) is 25.5. The maximum atomic E-state index is 12.7. The Bertz CT molecular complexity index is 781. The lowest BCUT2D eigenvalue weighted by Gasteiger charge is -2.37. The van der Waals surface area contributed by atoms with Gasteiger partial charge in [0.1, 0.15) is 10.8 Å². The summed E-state index contributed by atoms with van der Waals surface area (Å²) in [5, 5.41) is 2.89. The topological polar surface area (TPSA) is 75.3 Å². The molecule has 132 valence electrons. The molecule has 2 aliphatic rings. The molecule has 0 aromatic carbocycles. The minimum absolute atomic E-state index is 0.256. The van der Waals surface area contributed by atoms with Crippen LogP contribution >= 0.6 is 23.1 Å². The summed E-state index contributed by atoms with van der Waals surface area (Å²) in [5.41, 5.74) is 5.69. The quantitative estimate of drug-likeness (QED) is 0.832. The number of nitrogens with zero attached hydrogens (tertiary/aromatic N) is 4. The van der Waals surface area contributed by atoms with Crippen molar-refractivity contribution in [3.63, 3.8) is 0 Å². The van der Waals surface area contributed by atoms with Gasteiger partial charge >= 0.3 is 0 Å². The van der Waals surface area contributed by atoms with Crippen LogP contribution in [0.15, 0.2) is 32.8 Å². The fraction of sp³-hybridized carbons (Fsp3) is 0.471. The molecule has 6 nitrogen and oxygen atoms in total. The monoisotopic (exact) mass is 375 g/mol. The van der Waals surface area contributed by atoms with E-state index in [2.05, 4.69) is 20.9 Å². The number of hydrogen-bond acceptors (Lipinski definition) is 7. The summed E-state index contributed by atoms with van der Waals surface area (Å²) < 4.78 is 1.17. The summed E-state index contributed by atoms with van der Waals surface area (Å²) >= 11 is 3.27. The van der Waals surface area contributed by atoms with Crippen LogP contribution in [0.1, 0.15) is 19.3 Å². The molecule has 0 bridgehead atoms.